The molecular formula is C13H19BrN2. The highest BCUT2D eigenvalue weighted by molar-refractivity contribution is 9.10. The van der Waals surface area contributed by atoms with Gasteiger partial charge >= 0.3 is 0 Å². The Hall–Kier alpha value is -0.570. The summed E-state index contributed by atoms with van der Waals surface area (Å²) in [5.74, 6) is 1.12. The maximum absolute atomic E-state index is 4.47. The summed E-state index contributed by atoms with van der Waals surface area (Å²) in [7, 11) is 0. The molecule has 16 heavy (non-hydrogen) atoms. The van der Waals surface area contributed by atoms with E-state index in [1.54, 1.807) is 0 Å². The molecule has 1 aromatic rings. The van der Waals surface area contributed by atoms with Crippen molar-refractivity contribution in [3.05, 3.63) is 22.8 Å². The van der Waals surface area contributed by atoms with Crippen LogP contribution in [0, 0.1) is 5.41 Å². The lowest BCUT2D eigenvalue weighted by atomic mass is 9.82. The maximum atomic E-state index is 4.47. The van der Waals surface area contributed by atoms with Gasteiger partial charge in [-0.05, 0) is 52.7 Å². The fraction of sp³-hybridized carbons (Fsp3) is 0.615. The number of pyridine rings is 1. The Morgan fingerprint density at radius 1 is 1.38 bits per heavy atom. The van der Waals surface area contributed by atoms with Crippen molar-refractivity contribution in [2.45, 2.75) is 33.1 Å². The molecule has 0 amide bonds. The molecule has 0 atom stereocenters. The molecule has 0 aliphatic carbocycles. The first kappa shape index (κ1) is 11.9. The second-order valence-corrected chi connectivity index (χ2v) is 5.63. The molecule has 0 unspecified atom stereocenters. The molecule has 3 heteroatoms. The lowest BCUT2D eigenvalue weighted by molar-refractivity contribution is 0.301. The molecule has 0 radical (unpaired) electrons. The average molecular weight is 283 g/mol. The van der Waals surface area contributed by atoms with Crippen molar-refractivity contribution in [2.75, 3.05) is 18.0 Å². The fourth-order valence-corrected chi connectivity index (χ4v) is 2.75. The van der Waals surface area contributed by atoms with Crippen LogP contribution >= 0.6 is 15.9 Å². The van der Waals surface area contributed by atoms with Crippen LogP contribution in [0.15, 0.2) is 22.8 Å². The van der Waals surface area contributed by atoms with Crippen LogP contribution in [0.25, 0.3) is 0 Å². The molecule has 2 nitrogen and oxygen atoms in total. The summed E-state index contributed by atoms with van der Waals surface area (Å²) in [5, 5.41) is 0. The maximum Gasteiger partial charge on any atom is 0.128 e. The summed E-state index contributed by atoms with van der Waals surface area (Å²) in [4.78, 5) is 6.89. The normalized spacial score (nSPS) is 19.1. The minimum Gasteiger partial charge on any atom is -0.356 e. The van der Waals surface area contributed by atoms with E-state index in [2.05, 4.69) is 51.8 Å². The molecule has 0 aromatic carbocycles. The van der Waals surface area contributed by atoms with E-state index >= 15 is 0 Å². The number of hydrogen-bond acceptors (Lipinski definition) is 2. The Balaban J connectivity index is 2.11. The number of anilines is 1. The van der Waals surface area contributed by atoms with Crippen LogP contribution in [0.1, 0.15) is 33.1 Å². The third kappa shape index (κ3) is 2.24. The first-order valence-corrected chi connectivity index (χ1v) is 6.85. The van der Waals surface area contributed by atoms with Gasteiger partial charge < -0.3 is 4.90 Å². The molecule has 0 saturated carbocycles. The predicted octanol–water partition coefficient (Wildman–Crippen LogP) is 3.86. The number of rotatable bonds is 3. The van der Waals surface area contributed by atoms with Crippen LogP contribution in [-0.4, -0.2) is 18.1 Å². The fourth-order valence-electron chi connectivity index (χ4n) is 2.51. The van der Waals surface area contributed by atoms with Crippen molar-refractivity contribution in [3.63, 3.8) is 0 Å². The molecule has 1 aliphatic rings. The third-order valence-corrected chi connectivity index (χ3v) is 4.44. The topological polar surface area (TPSA) is 16.1 Å². The zero-order valence-electron chi connectivity index (χ0n) is 10.0. The Bertz CT molecular complexity index is 343. The molecule has 88 valence electrons. The number of halogens is 1. The molecule has 2 heterocycles. The van der Waals surface area contributed by atoms with Gasteiger partial charge in [-0.2, -0.15) is 0 Å². The third-order valence-electron chi connectivity index (χ3n) is 3.97. The van der Waals surface area contributed by atoms with E-state index in [0.717, 1.165) is 23.4 Å². The quantitative estimate of drug-likeness (QED) is 0.837. The van der Waals surface area contributed by atoms with Crippen LogP contribution in [0.5, 0.6) is 0 Å². The standard InChI is InChI=1S/C13H19BrN2/c1-3-13(4-2)7-8-16(10-13)12-6-5-11(14)9-15-12/h5-6,9H,3-4,7-8,10H2,1-2H3. The smallest absolute Gasteiger partial charge is 0.128 e. The summed E-state index contributed by atoms with van der Waals surface area (Å²) in [6.07, 6.45) is 5.73. The zero-order valence-corrected chi connectivity index (χ0v) is 11.6. The SMILES string of the molecule is CCC1(CC)CCN(c2ccc(Br)cn2)C1. The van der Waals surface area contributed by atoms with Crippen molar-refractivity contribution >= 4 is 21.7 Å². The Morgan fingerprint density at radius 2 is 2.12 bits per heavy atom. The van der Waals surface area contributed by atoms with E-state index in [1.807, 2.05) is 6.20 Å². The van der Waals surface area contributed by atoms with Crippen LogP contribution < -0.4 is 4.90 Å². The Morgan fingerprint density at radius 3 is 2.62 bits per heavy atom. The second kappa shape index (κ2) is 4.74. The number of aromatic nitrogens is 1. The van der Waals surface area contributed by atoms with Gasteiger partial charge in [-0.1, -0.05) is 13.8 Å². The summed E-state index contributed by atoms with van der Waals surface area (Å²) in [6.45, 7) is 6.93. The van der Waals surface area contributed by atoms with Crippen molar-refractivity contribution in [3.8, 4) is 0 Å². The molecule has 1 saturated heterocycles. The highest BCUT2D eigenvalue weighted by Gasteiger charge is 2.35. The largest absolute Gasteiger partial charge is 0.356 e. The van der Waals surface area contributed by atoms with Gasteiger partial charge in [-0.3, -0.25) is 0 Å². The lowest BCUT2D eigenvalue weighted by Crippen LogP contribution is -2.26. The predicted molar refractivity (Wildman–Crippen MR) is 71.8 cm³/mol. The minimum atomic E-state index is 0.523. The van der Waals surface area contributed by atoms with Gasteiger partial charge in [0.2, 0.25) is 0 Å². The first-order chi connectivity index (χ1) is 7.69. The van der Waals surface area contributed by atoms with Crippen molar-refractivity contribution in [2.24, 2.45) is 5.41 Å². The van der Waals surface area contributed by atoms with Crippen LogP contribution in [0.3, 0.4) is 0 Å². The van der Waals surface area contributed by atoms with E-state index in [1.165, 1.54) is 19.3 Å². The van der Waals surface area contributed by atoms with E-state index in [4.69, 9.17) is 0 Å². The van der Waals surface area contributed by atoms with Gasteiger partial charge in [0.05, 0.1) is 0 Å². The highest BCUT2D eigenvalue weighted by atomic mass is 79.9. The number of nitrogens with zero attached hydrogens (tertiary/aromatic N) is 2. The van der Waals surface area contributed by atoms with Crippen LogP contribution in [-0.2, 0) is 0 Å². The molecule has 1 fully saturated rings. The van der Waals surface area contributed by atoms with Gasteiger partial charge in [0.1, 0.15) is 5.82 Å². The average Bonchev–Trinajstić information content (AvgIpc) is 2.75. The highest BCUT2D eigenvalue weighted by Crippen LogP contribution is 2.38. The molecule has 1 aromatic heterocycles. The first-order valence-electron chi connectivity index (χ1n) is 6.05. The summed E-state index contributed by atoms with van der Waals surface area (Å²) >= 11 is 3.42. The van der Waals surface area contributed by atoms with Crippen molar-refractivity contribution in [1.29, 1.82) is 0 Å². The summed E-state index contributed by atoms with van der Waals surface area (Å²) in [5.41, 5.74) is 0.523. The lowest BCUT2D eigenvalue weighted by Gasteiger charge is -2.26. The number of hydrogen-bond donors (Lipinski definition) is 0. The molecule has 0 spiro atoms. The summed E-state index contributed by atoms with van der Waals surface area (Å²) in [6, 6.07) is 4.17. The second-order valence-electron chi connectivity index (χ2n) is 4.71. The van der Waals surface area contributed by atoms with E-state index in [9.17, 15) is 0 Å². The Labute approximate surface area is 106 Å². The van der Waals surface area contributed by atoms with Gasteiger partial charge in [-0.25, -0.2) is 4.98 Å². The van der Waals surface area contributed by atoms with Gasteiger partial charge in [0.15, 0.2) is 0 Å². The minimum absolute atomic E-state index is 0.523. The zero-order chi connectivity index (χ0) is 11.6. The monoisotopic (exact) mass is 282 g/mol. The molecular weight excluding hydrogens is 264 g/mol. The van der Waals surface area contributed by atoms with E-state index in [-0.39, 0.29) is 0 Å². The van der Waals surface area contributed by atoms with Crippen LogP contribution in [0.4, 0.5) is 5.82 Å². The molecule has 1 aliphatic heterocycles. The molecule has 0 N–H and O–H groups in total. The van der Waals surface area contributed by atoms with Crippen molar-refractivity contribution in [1.82, 2.24) is 4.98 Å². The van der Waals surface area contributed by atoms with Gasteiger partial charge in [-0.15, -0.1) is 0 Å². The van der Waals surface area contributed by atoms with Crippen molar-refractivity contribution < 1.29 is 0 Å². The van der Waals surface area contributed by atoms with E-state index in [0.29, 0.717) is 5.41 Å². The van der Waals surface area contributed by atoms with Gasteiger partial charge in [0, 0.05) is 23.8 Å². The van der Waals surface area contributed by atoms with Gasteiger partial charge in [0.25, 0.3) is 0 Å². The molecule has 2 rings (SSSR count). The van der Waals surface area contributed by atoms with Crippen LogP contribution in [0.2, 0.25) is 0 Å². The molecule has 0 bridgehead atoms. The van der Waals surface area contributed by atoms with E-state index < -0.39 is 0 Å². The summed E-state index contributed by atoms with van der Waals surface area (Å²) < 4.78 is 1.05. The Kier molecular flexibility index (Phi) is 3.53.